The Hall–Kier alpha value is -2.32. The largest absolute Gasteiger partial charge is 0.493 e. The van der Waals surface area contributed by atoms with Crippen LogP contribution in [0.3, 0.4) is 0 Å². The van der Waals surface area contributed by atoms with E-state index in [9.17, 15) is 4.79 Å². The van der Waals surface area contributed by atoms with E-state index >= 15 is 0 Å². The second-order valence-electron chi connectivity index (χ2n) is 6.40. The molecule has 0 radical (unpaired) electrons. The zero-order valence-electron chi connectivity index (χ0n) is 15.8. The predicted octanol–water partition coefficient (Wildman–Crippen LogP) is 3.68. The van der Waals surface area contributed by atoms with Gasteiger partial charge >= 0.3 is 6.03 Å². The summed E-state index contributed by atoms with van der Waals surface area (Å²) in [6, 6.07) is 5.43. The van der Waals surface area contributed by atoms with E-state index < -0.39 is 0 Å². The van der Waals surface area contributed by atoms with Gasteiger partial charge in [-0.3, -0.25) is 5.32 Å². The lowest BCUT2D eigenvalue weighted by atomic mass is 10.1. The number of hydrogen-bond donors (Lipinski definition) is 2. The number of methoxy groups -OCH3 is 2. The molecule has 1 aromatic carbocycles. The number of anilines is 1. The number of hydrogen-bond acceptors (Lipinski definition) is 6. The van der Waals surface area contributed by atoms with Gasteiger partial charge in [-0.05, 0) is 49.4 Å². The maximum absolute atomic E-state index is 12.0. The molecule has 3 rings (SSSR count). The van der Waals surface area contributed by atoms with Crippen molar-refractivity contribution in [1.29, 1.82) is 0 Å². The number of thiazole rings is 1. The van der Waals surface area contributed by atoms with Gasteiger partial charge in [0, 0.05) is 13.2 Å². The summed E-state index contributed by atoms with van der Waals surface area (Å²) in [5.74, 6) is 2.05. The zero-order valence-corrected chi connectivity index (χ0v) is 16.6. The Morgan fingerprint density at radius 1 is 1.26 bits per heavy atom. The molecule has 146 valence electrons. The van der Waals surface area contributed by atoms with Gasteiger partial charge < -0.3 is 19.5 Å². The minimum atomic E-state index is -0.280. The molecular weight excluding hydrogens is 366 g/mol. The van der Waals surface area contributed by atoms with E-state index in [2.05, 4.69) is 15.6 Å². The molecular formula is C19H25N3O4S. The van der Waals surface area contributed by atoms with Gasteiger partial charge in [-0.1, -0.05) is 11.3 Å². The minimum Gasteiger partial charge on any atom is -0.493 e. The Morgan fingerprint density at radius 3 is 2.74 bits per heavy atom. The number of amides is 2. The van der Waals surface area contributed by atoms with Crippen molar-refractivity contribution >= 4 is 22.5 Å². The number of carbonyl (C=O) groups excluding carboxylic acids is 1. The third-order valence-electron chi connectivity index (χ3n) is 4.25. The van der Waals surface area contributed by atoms with Gasteiger partial charge in [0.25, 0.3) is 0 Å². The fraction of sp³-hybridized carbons (Fsp3) is 0.474. The monoisotopic (exact) mass is 391 g/mol. The summed E-state index contributed by atoms with van der Waals surface area (Å²) in [6.45, 7) is 3.71. The quantitative estimate of drug-likeness (QED) is 0.637. The molecule has 2 amide bonds. The van der Waals surface area contributed by atoms with Gasteiger partial charge in [-0.2, -0.15) is 0 Å². The summed E-state index contributed by atoms with van der Waals surface area (Å²) < 4.78 is 16.1. The number of urea groups is 1. The van der Waals surface area contributed by atoms with Crippen LogP contribution in [0.15, 0.2) is 18.2 Å². The minimum absolute atomic E-state index is 0.280. The summed E-state index contributed by atoms with van der Waals surface area (Å²) in [6.07, 6.45) is 2.53. The van der Waals surface area contributed by atoms with Crippen molar-refractivity contribution in [1.82, 2.24) is 10.3 Å². The molecule has 1 aromatic heterocycles. The molecule has 0 unspecified atom stereocenters. The molecule has 1 aliphatic carbocycles. The second kappa shape index (κ2) is 9.05. The number of ether oxygens (including phenoxy) is 3. The van der Waals surface area contributed by atoms with E-state index in [-0.39, 0.29) is 6.03 Å². The lowest BCUT2D eigenvalue weighted by Crippen LogP contribution is -2.31. The molecule has 1 saturated carbocycles. The molecule has 0 bridgehead atoms. The standard InChI is InChI=1S/C19H25N3O4S/c1-12-17(14-6-7-15(24-2)16(10-14)25-3)27-19(21-12)22-18(23)20-8-9-26-11-13-4-5-13/h6-7,10,13H,4-5,8-9,11H2,1-3H3,(H2,20,21,22,23). The molecule has 27 heavy (non-hydrogen) atoms. The van der Waals surface area contributed by atoms with E-state index in [1.54, 1.807) is 14.2 Å². The van der Waals surface area contributed by atoms with E-state index in [0.717, 1.165) is 28.7 Å². The summed E-state index contributed by atoms with van der Waals surface area (Å²) in [7, 11) is 3.21. The van der Waals surface area contributed by atoms with Crippen LogP contribution in [0.4, 0.5) is 9.93 Å². The average Bonchev–Trinajstić information content (AvgIpc) is 3.42. The Balaban J connectivity index is 1.56. The van der Waals surface area contributed by atoms with Crippen LogP contribution in [0, 0.1) is 12.8 Å². The molecule has 7 nitrogen and oxygen atoms in total. The van der Waals surface area contributed by atoms with Crippen LogP contribution in [-0.2, 0) is 4.74 Å². The van der Waals surface area contributed by atoms with Gasteiger partial charge in [-0.15, -0.1) is 0 Å². The lowest BCUT2D eigenvalue weighted by molar-refractivity contribution is 0.127. The second-order valence-corrected chi connectivity index (χ2v) is 7.40. The number of nitrogens with one attached hydrogen (secondary N) is 2. The molecule has 1 fully saturated rings. The summed E-state index contributed by atoms with van der Waals surface area (Å²) in [5.41, 5.74) is 1.81. The highest BCUT2D eigenvalue weighted by molar-refractivity contribution is 7.19. The number of carbonyl (C=O) groups is 1. The van der Waals surface area contributed by atoms with Gasteiger partial charge in [0.2, 0.25) is 0 Å². The number of nitrogens with zero attached hydrogens (tertiary/aromatic N) is 1. The first kappa shape index (κ1) is 19.4. The molecule has 1 aliphatic rings. The lowest BCUT2D eigenvalue weighted by Gasteiger charge is -2.08. The van der Waals surface area contributed by atoms with Crippen molar-refractivity contribution in [3.05, 3.63) is 23.9 Å². The van der Waals surface area contributed by atoms with Crippen molar-refractivity contribution in [2.24, 2.45) is 5.92 Å². The maximum Gasteiger partial charge on any atom is 0.321 e. The smallest absolute Gasteiger partial charge is 0.321 e. The molecule has 1 heterocycles. The number of rotatable bonds is 9. The highest BCUT2D eigenvalue weighted by atomic mass is 32.1. The third kappa shape index (κ3) is 5.33. The van der Waals surface area contributed by atoms with Crippen LogP contribution in [0.5, 0.6) is 11.5 Å². The molecule has 0 saturated heterocycles. The first-order valence-electron chi connectivity index (χ1n) is 8.93. The average molecular weight is 391 g/mol. The van der Waals surface area contributed by atoms with Gasteiger partial charge in [0.05, 0.1) is 31.4 Å². The highest BCUT2D eigenvalue weighted by Gasteiger charge is 2.21. The number of aromatic nitrogens is 1. The summed E-state index contributed by atoms with van der Waals surface area (Å²) in [5, 5.41) is 6.11. The normalized spacial score (nSPS) is 13.3. The fourth-order valence-electron chi connectivity index (χ4n) is 2.61. The Morgan fingerprint density at radius 2 is 2.04 bits per heavy atom. The number of aryl methyl sites for hydroxylation is 1. The van der Waals surface area contributed by atoms with Gasteiger partial charge in [0.15, 0.2) is 16.6 Å². The van der Waals surface area contributed by atoms with Crippen LogP contribution in [0.2, 0.25) is 0 Å². The molecule has 0 aliphatic heterocycles. The van der Waals surface area contributed by atoms with Crippen molar-refractivity contribution in [3.63, 3.8) is 0 Å². The van der Waals surface area contributed by atoms with Crippen molar-refractivity contribution in [2.75, 3.05) is 39.3 Å². The molecule has 2 N–H and O–H groups in total. The zero-order chi connectivity index (χ0) is 19.2. The van der Waals surface area contributed by atoms with Crippen molar-refractivity contribution < 1.29 is 19.0 Å². The molecule has 0 atom stereocenters. The maximum atomic E-state index is 12.0. The van der Waals surface area contributed by atoms with Crippen LogP contribution < -0.4 is 20.1 Å². The number of benzene rings is 1. The predicted molar refractivity (Wildman–Crippen MR) is 106 cm³/mol. The van der Waals surface area contributed by atoms with Crippen LogP contribution in [0.1, 0.15) is 18.5 Å². The first-order valence-corrected chi connectivity index (χ1v) is 9.74. The Kier molecular flexibility index (Phi) is 6.52. The first-order chi connectivity index (χ1) is 13.1. The van der Waals surface area contributed by atoms with Crippen LogP contribution in [0.25, 0.3) is 10.4 Å². The topological polar surface area (TPSA) is 81.7 Å². The third-order valence-corrected chi connectivity index (χ3v) is 5.37. The van der Waals surface area contributed by atoms with Crippen molar-refractivity contribution in [3.8, 4) is 21.9 Å². The van der Waals surface area contributed by atoms with Crippen LogP contribution in [-0.4, -0.2) is 45.0 Å². The van der Waals surface area contributed by atoms with Crippen molar-refractivity contribution in [2.45, 2.75) is 19.8 Å². The fourth-order valence-corrected chi connectivity index (χ4v) is 3.57. The Labute approximate surface area is 163 Å². The molecule has 2 aromatic rings. The summed E-state index contributed by atoms with van der Waals surface area (Å²) >= 11 is 1.42. The SMILES string of the molecule is COc1ccc(-c2sc(NC(=O)NCCOCC3CC3)nc2C)cc1OC. The van der Waals surface area contributed by atoms with E-state index in [1.807, 2.05) is 25.1 Å². The van der Waals surface area contributed by atoms with Gasteiger partial charge in [-0.25, -0.2) is 9.78 Å². The molecule has 0 spiro atoms. The highest BCUT2D eigenvalue weighted by Crippen LogP contribution is 2.37. The van der Waals surface area contributed by atoms with Gasteiger partial charge in [0.1, 0.15) is 0 Å². The van der Waals surface area contributed by atoms with E-state index in [4.69, 9.17) is 14.2 Å². The van der Waals surface area contributed by atoms with E-state index in [0.29, 0.717) is 29.8 Å². The Bertz CT molecular complexity index is 789. The summed E-state index contributed by atoms with van der Waals surface area (Å²) in [4.78, 5) is 17.4. The van der Waals surface area contributed by atoms with Crippen LogP contribution >= 0.6 is 11.3 Å². The van der Waals surface area contributed by atoms with E-state index in [1.165, 1.54) is 24.2 Å². The molecule has 8 heteroatoms.